The summed E-state index contributed by atoms with van der Waals surface area (Å²) >= 11 is 0. The third-order valence-electron chi connectivity index (χ3n) is 3.45. The van der Waals surface area contributed by atoms with Crippen molar-refractivity contribution in [2.24, 2.45) is 5.92 Å². The summed E-state index contributed by atoms with van der Waals surface area (Å²) in [6.45, 7) is 13.0. The summed E-state index contributed by atoms with van der Waals surface area (Å²) in [7, 11) is 0. The van der Waals surface area contributed by atoms with Crippen LogP contribution in [0.1, 0.15) is 60.8 Å². The molecule has 1 rings (SSSR count). The number of ether oxygens (including phenoxy) is 2. The standard InChI is InChI=1S/C17H32N2O4/c1-16(2,3)22-14(20)19(15(21)23-17(4,5)6)12-9-13-7-10-18-11-8-13/h13,18H,7-12H2,1-6H3. The van der Waals surface area contributed by atoms with Gasteiger partial charge in [0.2, 0.25) is 0 Å². The molecule has 0 aromatic rings. The number of hydrogen-bond acceptors (Lipinski definition) is 5. The first kappa shape index (κ1) is 19.7. The predicted octanol–water partition coefficient (Wildman–Crippen LogP) is 3.55. The first-order valence-corrected chi connectivity index (χ1v) is 8.42. The van der Waals surface area contributed by atoms with Crippen molar-refractivity contribution in [2.75, 3.05) is 19.6 Å². The highest BCUT2D eigenvalue weighted by Crippen LogP contribution is 2.19. The molecule has 0 spiro atoms. The van der Waals surface area contributed by atoms with Gasteiger partial charge in [-0.05, 0) is 79.8 Å². The summed E-state index contributed by atoms with van der Waals surface area (Å²) < 4.78 is 10.7. The van der Waals surface area contributed by atoms with Gasteiger partial charge in [0.05, 0.1) is 0 Å². The van der Waals surface area contributed by atoms with Crippen molar-refractivity contribution in [1.29, 1.82) is 0 Å². The molecule has 2 amide bonds. The first-order valence-electron chi connectivity index (χ1n) is 8.42. The molecule has 1 aliphatic rings. The number of piperidine rings is 1. The average molecular weight is 328 g/mol. The quantitative estimate of drug-likeness (QED) is 0.858. The molecule has 0 saturated carbocycles. The van der Waals surface area contributed by atoms with Gasteiger partial charge in [-0.2, -0.15) is 0 Å². The Bertz CT molecular complexity index is 376. The second-order valence-electron chi connectivity index (χ2n) is 8.09. The molecule has 6 heteroatoms. The van der Waals surface area contributed by atoms with Crippen LogP contribution in [0.15, 0.2) is 0 Å². The molecule has 1 aliphatic heterocycles. The summed E-state index contributed by atoms with van der Waals surface area (Å²) in [6, 6.07) is 0. The van der Waals surface area contributed by atoms with Crippen LogP contribution in [0.25, 0.3) is 0 Å². The number of carbonyl (C=O) groups excluding carboxylic acids is 2. The van der Waals surface area contributed by atoms with E-state index in [1.54, 1.807) is 41.5 Å². The van der Waals surface area contributed by atoms with Crippen LogP contribution in [0.4, 0.5) is 9.59 Å². The number of carbonyl (C=O) groups is 2. The van der Waals surface area contributed by atoms with Crippen LogP contribution < -0.4 is 5.32 Å². The Morgan fingerprint density at radius 2 is 1.39 bits per heavy atom. The lowest BCUT2D eigenvalue weighted by molar-refractivity contribution is 0.000365. The topological polar surface area (TPSA) is 67.9 Å². The van der Waals surface area contributed by atoms with Crippen molar-refractivity contribution in [1.82, 2.24) is 10.2 Å². The molecule has 0 aliphatic carbocycles. The monoisotopic (exact) mass is 328 g/mol. The van der Waals surface area contributed by atoms with E-state index >= 15 is 0 Å². The average Bonchev–Trinajstić information content (AvgIpc) is 2.35. The fourth-order valence-electron chi connectivity index (χ4n) is 2.37. The zero-order valence-electron chi connectivity index (χ0n) is 15.4. The fourth-order valence-corrected chi connectivity index (χ4v) is 2.37. The van der Waals surface area contributed by atoms with Crippen LogP contribution in [0.5, 0.6) is 0 Å². The van der Waals surface area contributed by atoms with Gasteiger partial charge in [-0.15, -0.1) is 0 Å². The number of amides is 2. The highest BCUT2D eigenvalue weighted by atomic mass is 16.6. The third kappa shape index (κ3) is 8.21. The molecule has 1 fully saturated rings. The summed E-state index contributed by atoms with van der Waals surface area (Å²) in [5.41, 5.74) is -1.29. The minimum absolute atomic E-state index is 0.328. The molecule has 0 atom stereocenters. The smallest absolute Gasteiger partial charge is 0.419 e. The Morgan fingerprint density at radius 1 is 0.957 bits per heavy atom. The van der Waals surface area contributed by atoms with Crippen LogP contribution >= 0.6 is 0 Å². The van der Waals surface area contributed by atoms with Gasteiger partial charge < -0.3 is 14.8 Å². The van der Waals surface area contributed by atoms with E-state index in [1.165, 1.54) is 0 Å². The number of nitrogens with one attached hydrogen (secondary N) is 1. The Morgan fingerprint density at radius 3 is 1.78 bits per heavy atom. The maximum Gasteiger partial charge on any atom is 0.419 e. The summed E-state index contributed by atoms with van der Waals surface area (Å²) in [4.78, 5) is 25.8. The van der Waals surface area contributed by atoms with Crippen LogP contribution in [0, 0.1) is 5.92 Å². The molecule has 1 saturated heterocycles. The molecule has 134 valence electrons. The molecular weight excluding hydrogens is 296 g/mol. The third-order valence-corrected chi connectivity index (χ3v) is 3.45. The molecule has 0 unspecified atom stereocenters. The maximum atomic E-state index is 12.3. The van der Waals surface area contributed by atoms with Crippen molar-refractivity contribution < 1.29 is 19.1 Å². The zero-order chi connectivity index (χ0) is 17.7. The molecule has 6 nitrogen and oxygen atoms in total. The lowest BCUT2D eigenvalue weighted by atomic mass is 9.94. The van der Waals surface area contributed by atoms with Crippen molar-refractivity contribution in [2.45, 2.75) is 72.0 Å². The van der Waals surface area contributed by atoms with E-state index in [2.05, 4.69) is 5.32 Å². The molecule has 0 radical (unpaired) electrons. The van der Waals surface area contributed by atoms with Crippen molar-refractivity contribution in [3.63, 3.8) is 0 Å². The van der Waals surface area contributed by atoms with Gasteiger partial charge in [-0.25, -0.2) is 14.5 Å². The van der Waals surface area contributed by atoms with E-state index in [-0.39, 0.29) is 0 Å². The molecule has 0 bridgehead atoms. The van der Waals surface area contributed by atoms with E-state index in [4.69, 9.17) is 9.47 Å². The molecular formula is C17H32N2O4. The number of nitrogens with zero attached hydrogens (tertiary/aromatic N) is 1. The predicted molar refractivity (Wildman–Crippen MR) is 89.4 cm³/mol. The summed E-state index contributed by atoms with van der Waals surface area (Å²) in [5, 5.41) is 3.31. The molecule has 0 aromatic heterocycles. The van der Waals surface area contributed by atoms with E-state index in [0.717, 1.165) is 37.3 Å². The highest BCUT2D eigenvalue weighted by molar-refractivity contribution is 5.88. The maximum absolute atomic E-state index is 12.3. The second-order valence-corrected chi connectivity index (χ2v) is 8.09. The van der Waals surface area contributed by atoms with Crippen LogP contribution in [0.3, 0.4) is 0 Å². The van der Waals surface area contributed by atoms with Crippen molar-refractivity contribution in [3.8, 4) is 0 Å². The Kier molecular flexibility index (Phi) is 6.86. The van der Waals surface area contributed by atoms with E-state index < -0.39 is 23.4 Å². The lowest BCUT2D eigenvalue weighted by Crippen LogP contribution is -2.44. The second kappa shape index (κ2) is 7.99. The molecule has 23 heavy (non-hydrogen) atoms. The minimum Gasteiger partial charge on any atom is -0.443 e. The Balaban J connectivity index is 2.70. The van der Waals surface area contributed by atoms with Crippen LogP contribution in [0.2, 0.25) is 0 Å². The van der Waals surface area contributed by atoms with Gasteiger partial charge in [0, 0.05) is 6.54 Å². The van der Waals surface area contributed by atoms with Crippen molar-refractivity contribution >= 4 is 12.2 Å². The first-order chi connectivity index (χ1) is 10.5. The highest BCUT2D eigenvalue weighted by Gasteiger charge is 2.31. The van der Waals surface area contributed by atoms with E-state index in [1.807, 2.05) is 0 Å². The van der Waals surface area contributed by atoms with Gasteiger partial charge in [-0.1, -0.05) is 0 Å². The SMILES string of the molecule is CC(C)(C)OC(=O)N(CCC1CCNCC1)C(=O)OC(C)(C)C. The Labute approximate surface area is 139 Å². The van der Waals surface area contributed by atoms with E-state index in [0.29, 0.717) is 12.5 Å². The van der Waals surface area contributed by atoms with Gasteiger partial charge in [0.15, 0.2) is 0 Å². The van der Waals surface area contributed by atoms with Gasteiger partial charge >= 0.3 is 12.2 Å². The molecule has 0 aromatic carbocycles. The van der Waals surface area contributed by atoms with Crippen LogP contribution in [-0.4, -0.2) is 47.9 Å². The molecule has 1 N–H and O–H groups in total. The molecule has 1 heterocycles. The Hall–Kier alpha value is -1.30. The van der Waals surface area contributed by atoms with Gasteiger partial charge in [-0.3, -0.25) is 0 Å². The number of hydrogen-bond donors (Lipinski definition) is 1. The summed E-state index contributed by atoms with van der Waals surface area (Å²) in [5.74, 6) is 0.517. The largest absolute Gasteiger partial charge is 0.443 e. The summed E-state index contributed by atoms with van der Waals surface area (Å²) in [6.07, 6.45) is 1.63. The van der Waals surface area contributed by atoms with Crippen molar-refractivity contribution in [3.05, 3.63) is 0 Å². The van der Waals surface area contributed by atoms with Crippen LogP contribution in [-0.2, 0) is 9.47 Å². The lowest BCUT2D eigenvalue weighted by Gasteiger charge is -2.30. The number of imide groups is 1. The minimum atomic E-state index is -0.647. The fraction of sp³-hybridized carbons (Fsp3) is 0.882. The van der Waals surface area contributed by atoms with E-state index in [9.17, 15) is 9.59 Å². The zero-order valence-corrected chi connectivity index (χ0v) is 15.4. The van der Waals surface area contributed by atoms with Gasteiger partial charge in [0.25, 0.3) is 0 Å². The number of rotatable bonds is 3. The van der Waals surface area contributed by atoms with Gasteiger partial charge in [0.1, 0.15) is 11.2 Å². The normalized spacial score (nSPS) is 16.8.